The maximum Gasteiger partial charge on any atom is 0.341 e. The standard InChI is InChI=1S/C21H23N5O4S2/c1-4-30-20(29)16-12(2)17(18(22)28)32-19(16)23-15(27)11-31-21-25-24-13(3)26(21)10-14-8-6-5-7-9-14/h5-9H,4,10-11H2,1-3H3,(H2,22,28)(H,23,27). The zero-order valence-corrected chi connectivity index (χ0v) is 19.5. The summed E-state index contributed by atoms with van der Waals surface area (Å²) in [5, 5.41) is 11.8. The number of nitrogens with one attached hydrogen (secondary N) is 1. The van der Waals surface area contributed by atoms with E-state index in [1.807, 2.05) is 41.8 Å². The summed E-state index contributed by atoms with van der Waals surface area (Å²) in [6.07, 6.45) is 0. The van der Waals surface area contributed by atoms with Crippen LogP contribution in [-0.4, -0.2) is 44.9 Å². The molecule has 3 rings (SSSR count). The Morgan fingerprint density at radius 2 is 1.91 bits per heavy atom. The van der Waals surface area contributed by atoms with Gasteiger partial charge in [-0.15, -0.1) is 21.5 Å². The lowest BCUT2D eigenvalue weighted by Gasteiger charge is -2.09. The second-order valence-electron chi connectivity index (χ2n) is 6.78. The first-order valence-electron chi connectivity index (χ1n) is 9.78. The summed E-state index contributed by atoms with van der Waals surface area (Å²) >= 11 is 2.19. The maximum atomic E-state index is 12.6. The van der Waals surface area contributed by atoms with Crippen LogP contribution in [0.2, 0.25) is 0 Å². The monoisotopic (exact) mass is 473 g/mol. The van der Waals surface area contributed by atoms with Crippen molar-refractivity contribution >= 4 is 45.9 Å². The Balaban J connectivity index is 1.73. The van der Waals surface area contributed by atoms with Gasteiger partial charge in [-0.1, -0.05) is 42.1 Å². The Morgan fingerprint density at radius 3 is 2.56 bits per heavy atom. The number of hydrogen-bond donors (Lipinski definition) is 2. The molecule has 2 amide bonds. The van der Waals surface area contributed by atoms with E-state index in [4.69, 9.17) is 10.5 Å². The third-order valence-corrected chi connectivity index (χ3v) is 6.71. The molecule has 32 heavy (non-hydrogen) atoms. The van der Waals surface area contributed by atoms with Crippen LogP contribution in [0.15, 0.2) is 35.5 Å². The van der Waals surface area contributed by atoms with Crippen molar-refractivity contribution in [3.8, 4) is 0 Å². The molecule has 0 saturated heterocycles. The number of primary amides is 1. The second kappa shape index (κ2) is 10.4. The van der Waals surface area contributed by atoms with Crippen LogP contribution < -0.4 is 11.1 Å². The van der Waals surface area contributed by atoms with Crippen LogP contribution in [0.5, 0.6) is 0 Å². The molecule has 0 aliphatic rings. The van der Waals surface area contributed by atoms with E-state index in [0.717, 1.165) is 22.7 Å². The third-order valence-electron chi connectivity index (χ3n) is 4.52. The van der Waals surface area contributed by atoms with Gasteiger partial charge in [0, 0.05) is 0 Å². The molecule has 3 aromatic rings. The minimum absolute atomic E-state index is 0.0397. The molecular formula is C21H23N5O4S2. The zero-order chi connectivity index (χ0) is 23.3. The van der Waals surface area contributed by atoms with Crippen molar-refractivity contribution in [3.05, 3.63) is 57.7 Å². The molecule has 0 atom stereocenters. The van der Waals surface area contributed by atoms with Gasteiger partial charge in [0.05, 0.1) is 29.3 Å². The number of aromatic nitrogens is 3. The van der Waals surface area contributed by atoms with Crippen LogP contribution in [-0.2, 0) is 16.1 Å². The number of carbonyl (C=O) groups is 3. The van der Waals surface area contributed by atoms with Crippen LogP contribution in [0.3, 0.4) is 0 Å². The Kier molecular flexibility index (Phi) is 7.65. The average Bonchev–Trinajstić information content (AvgIpc) is 3.27. The molecule has 11 heteroatoms. The van der Waals surface area contributed by atoms with E-state index in [0.29, 0.717) is 17.3 Å². The number of nitrogens with two attached hydrogens (primary N) is 1. The first-order chi connectivity index (χ1) is 15.3. The van der Waals surface area contributed by atoms with Crippen molar-refractivity contribution < 1.29 is 19.1 Å². The summed E-state index contributed by atoms with van der Waals surface area (Å²) in [7, 11) is 0. The summed E-state index contributed by atoms with van der Waals surface area (Å²) in [5.41, 5.74) is 7.03. The topological polar surface area (TPSA) is 129 Å². The Hall–Kier alpha value is -3.18. The van der Waals surface area contributed by atoms with Crippen LogP contribution in [0.25, 0.3) is 0 Å². The molecule has 0 unspecified atom stereocenters. The van der Waals surface area contributed by atoms with Gasteiger partial charge in [-0.2, -0.15) is 0 Å². The van der Waals surface area contributed by atoms with Crippen LogP contribution >= 0.6 is 23.1 Å². The number of ether oxygens (including phenoxy) is 1. The molecule has 0 radical (unpaired) electrons. The lowest BCUT2D eigenvalue weighted by Crippen LogP contribution is -2.17. The predicted molar refractivity (Wildman–Crippen MR) is 123 cm³/mol. The molecule has 9 nitrogen and oxygen atoms in total. The van der Waals surface area contributed by atoms with Gasteiger partial charge in [0.25, 0.3) is 5.91 Å². The van der Waals surface area contributed by atoms with Gasteiger partial charge in [-0.25, -0.2) is 4.79 Å². The molecule has 1 aromatic carbocycles. The first kappa shape index (κ1) is 23.5. The van der Waals surface area contributed by atoms with Crippen molar-refractivity contribution in [2.24, 2.45) is 5.73 Å². The van der Waals surface area contributed by atoms with Gasteiger partial charge >= 0.3 is 5.97 Å². The van der Waals surface area contributed by atoms with E-state index in [-0.39, 0.29) is 33.7 Å². The Labute approximate surface area is 193 Å². The van der Waals surface area contributed by atoms with E-state index >= 15 is 0 Å². The van der Waals surface area contributed by atoms with Gasteiger partial charge in [-0.3, -0.25) is 9.59 Å². The normalized spacial score (nSPS) is 10.7. The third kappa shape index (κ3) is 5.35. The minimum atomic E-state index is -0.669. The fourth-order valence-electron chi connectivity index (χ4n) is 2.99. The van der Waals surface area contributed by atoms with Crippen molar-refractivity contribution in [2.45, 2.75) is 32.5 Å². The van der Waals surface area contributed by atoms with Crippen molar-refractivity contribution in [1.82, 2.24) is 14.8 Å². The van der Waals surface area contributed by atoms with Crippen molar-refractivity contribution in [1.29, 1.82) is 0 Å². The number of hydrogen-bond acceptors (Lipinski definition) is 8. The van der Waals surface area contributed by atoms with Crippen molar-refractivity contribution in [2.75, 3.05) is 17.7 Å². The second-order valence-corrected chi connectivity index (χ2v) is 8.75. The van der Waals surface area contributed by atoms with E-state index in [9.17, 15) is 14.4 Å². The van der Waals surface area contributed by atoms with Crippen LogP contribution in [0.4, 0.5) is 5.00 Å². The summed E-state index contributed by atoms with van der Waals surface area (Å²) in [6.45, 7) is 5.88. The summed E-state index contributed by atoms with van der Waals surface area (Å²) in [5.74, 6) is -0.865. The number of thiophene rings is 1. The van der Waals surface area contributed by atoms with E-state index in [2.05, 4.69) is 15.5 Å². The highest BCUT2D eigenvalue weighted by Gasteiger charge is 2.26. The molecule has 0 aliphatic carbocycles. The minimum Gasteiger partial charge on any atom is -0.462 e. The molecule has 0 bridgehead atoms. The van der Waals surface area contributed by atoms with Gasteiger partial charge in [0.1, 0.15) is 10.8 Å². The number of carbonyl (C=O) groups excluding carboxylic acids is 3. The quantitative estimate of drug-likeness (QED) is 0.361. The zero-order valence-electron chi connectivity index (χ0n) is 17.9. The first-order valence-corrected chi connectivity index (χ1v) is 11.6. The number of anilines is 1. The van der Waals surface area contributed by atoms with Gasteiger partial charge in [-0.05, 0) is 31.9 Å². The summed E-state index contributed by atoms with van der Waals surface area (Å²) in [4.78, 5) is 36.9. The molecule has 2 heterocycles. The average molecular weight is 474 g/mol. The number of benzene rings is 1. The lowest BCUT2D eigenvalue weighted by molar-refractivity contribution is -0.113. The van der Waals surface area contributed by atoms with Crippen LogP contribution in [0, 0.1) is 13.8 Å². The number of esters is 1. The lowest BCUT2D eigenvalue weighted by atomic mass is 10.1. The molecule has 0 aliphatic heterocycles. The SMILES string of the molecule is CCOC(=O)c1c(NC(=O)CSc2nnc(C)n2Cc2ccccc2)sc(C(N)=O)c1C. The molecule has 2 aromatic heterocycles. The van der Waals surface area contributed by atoms with Gasteiger partial charge in [0.2, 0.25) is 5.91 Å². The molecule has 168 valence electrons. The highest BCUT2D eigenvalue weighted by Crippen LogP contribution is 2.33. The molecular weight excluding hydrogens is 450 g/mol. The summed E-state index contributed by atoms with van der Waals surface area (Å²) in [6, 6.07) is 9.88. The van der Waals surface area contributed by atoms with Gasteiger partial charge < -0.3 is 20.4 Å². The van der Waals surface area contributed by atoms with Crippen LogP contribution in [0.1, 0.15) is 43.9 Å². The molecule has 0 spiro atoms. The number of thioether (sulfide) groups is 1. The molecule has 3 N–H and O–H groups in total. The number of rotatable bonds is 9. The Morgan fingerprint density at radius 1 is 1.19 bits per heavy atom. The number of amides is 2. The Bertz CT molecular complexity index is 1140. The highest BCUT2D eigenvalue weighted by atomic mass is 32.2. The number of aryl methyl sites for hydroxylation is 1. The molecule has 0 saturated carbocycles. The predicted octanol–water partition coefficient (Wildman–Crippen LogP) is 3.01. The van der Waals surface area contributed by atoms with E-state index < -0.39 is 11.9 Å². The summed E-state index contributed by atoms with van der Waals surface area (Å²) < 4.78 is 6.99. The van der Waals surface area contributed by atoms with E-state index in [1.165, 1.54) is 11.8 Å². The fourth-order valence-corrected chi connectivity index (χ4v) is 4.84. The smallest absolute Gasteiger partial charge is 0.341 e. The van der Waals surface area contributed by atoms with E-state index in [1.54, 1.807) is 13.8 Å². The maximum absolute atomic E-state index is 12.6. The van der Waals surface area contributed by atoms with Crippen molar-refractivity contribution in [3.63, 3.8) is 0 Å². The fraction of sp³-hybridized carbons (Fsp3) is 0.286. The molecule has 0 fully saturated rings. The highest BCUT2D eigenvalue weighted by molar-refractivity contribution is 7.99. The largest absolute Gasteiger partial charge is 0.462 e. The number of nitrogens with zero attached hydrogens (tertiary/aromatic N) is 3. The van der Waals surface area contributed by atoms with Gasteiger partial charge in [0.15, 0.2) is 5.16 Å².